The zero-order chi connectivity index (χ0) is 15.7. The van der Waals surface area contributed by atoms with Crippen molar-refractivity contribution in [3.63, 3.8) is 0 Å². The van der Waals surface area contributed by atoms with Crippen LogP contribution >= 0.6 is 11.3 Å². The van der Waals surface area contributed by atoms with Crippen LogP contribution in [0, 0.1) is 0 Å². The molecular formula is C16H21N3O2S. The Hall–Kier alpha value is -1.66. The van der Waals surface area contributed by atoms with Gasteiger partial charge in [-0.05, 0) is 11.4 Å². The molecule has 2 aromatic rings. The lowest BCUT2D eigenvalue weighted by Gasteiger charge is -2.33. The van der Waals surface area contributed by atoms with Crippen LogP contribution in [-0.4, -0.2) is 28.9 Å². The molecule has 0 aromatic carbocycles. The number of amides is 1. The van der Waals surface area contributed by atoms with Gasteiger partial charge in [-0.15, -0.1) is 11.3 Å². The lowest BCUT2D eigenvalue weighted by molar-refractivity contribution is -0.129. The van der Waals surface area contributed by atoms with Crippen LogP contribution < -0.4 is 5.32 Å². The second-order valence-electron chi connectivity index (χ2n) is 6.56. The Morgan fingerprint density at radius 1 is 1.50 bits per heavy atom. The van der Waals surface area contributed by atoms with Crippen LogP contribution in [0.3, 0.4) is 0 Å². The van der Waals surface area contributed by atoms with Gasteiger partial charge in [0.25, 0.3) is 0 Å². The van der Waals surface area contributed by atoms with Crippen molar-refractivity contribution in [2.24, 2.45) is 0 Å². The summed E-state index contributed by atoms with van der Waals surface area (Å²) in [7, 11) is 0. The van der Waals surface area contributed by atoms with E-state index < -0.39 is 0 Å². The summed E-state index contributed by atoms with van der Waals surface area (Å²) in [5, 5.41) is 4.94. The predicted octanol–water partition coefficient (Wildman–Crippen LogP) is 2.71. The molecule has 1 amide bonds. The normalized spacial score (nSPS) is 20.1. The summed E-state index contributed by atoms with van der Waals surface area (Å²) in [5.41, 5.74) is 0.908. The van der Waals surface area contributed by atoms with Crippen molar-refractivity contribution in [1.29, 1.82) is 0 Å². The molecule has 0 aliphatic carbocycles. The zero-order valence-electron chi connectivity index (χ0n) is 13.1. The summed E-state index contributed by atoms with van der Waals surface area (Å²) < 4.78 is 5.61. The number of rotatable bonds is 3. The third-order valence-electron chi connectivity index (χ3n) is 3.78. The molecule has 1 aliphatic heterocycles. The van der Waals surface area contributed by atoms with E-state index in [-0.39, 0.29) is 17.4 Å². The molecule has 3 heterocycles. The average Bonchev–Trinajstić information content (AvgIpc) is 3.09. The molecular weight excluding hydrogens is 298 g/mol. The van der Waals surface area contributed by atoms with E-state index in [0.717, 1.165) is 17.1 Å². The highest BCUT2D eigenvalue weighted by atomic mass is 32.1. The van der Waals surface area contributed by atoms with Crippen molar-refractivity contribution in [2.75, 3.05) is 13.1 Å². The first-order chi connectivity index (χ1) is 10.4. The summed E-state index contributed by atoms with van der Waals surface area (Å²) >= 11 is 1.60. The van der Waals surface area contributed by atoms with Crippen LogP contribution in [0.2, 0.25) is 0 Å². The number of piperazine rings is 1. The molecule has 118 valence electrons. The summed E-state index contributed by atoms with van der Waals surface area (Å²) in [6.45, 7) is 8.33. The maximum absolute atomic E-state index is 12.3. The molecule has 0 spiro atoms. The maximum Gasteiger partial charge on any atom is 0.242 e. The molecule has 3 rings (SSSR count). The SMILES string of the molecule is CC(C)(C)c1coc(CN2CCNC(=O)C2c2cccs2)n1. The second kappa shape index (κ2) is 5.85. The molecule has 0 saturated carbocycles. The Morgan fingerprint density at radius 3 is 2.95 bits per heavy atom. The molecule has 1 unspecified atom stereocenters. The highest BCUT2D eigenvalue weighted by Gasteiger charge is 2.33. The molecule has 1 aliphatic rings. The summed E-state index contributed by atoms with van der Waals surface area (Å²) in [4.78, 5) is 20.0. The highest BCUT2D eigenvalue weighted by molar-refractivity contribution is 7.10. The maximum atomic E-state index is 12.3. The van der Waals surface area contributed by atoms with Crippen molar-refractivity contribution >= 4 is 17.2 Å². The van der Waals surface area contributed by atoms with E-state index in [1.807, 2.05) is 17.5 Å². The fraction of sp³-hybridized carbons (Fsp3) is 0.500. The number of thiophene rings is 1. The van der Waals surface area contributed by atoms with Crippen molar-refractivity contribution in [3.05, 3.63) is 40.2 Å². The van der Waals surface area contributed by atoms with E-state index in [1.54, 1.807) is 17.6 Å². The number of hydrogen-bond donors (Lipinski definition) is 1. The van der Waals surface area contributed by atoms with Gasteiger partial charge in [0.1, 0.15) is 12.3 Å². The van der Waals surface area contributed by atoms with Gasteiger partial charge in [-0.3, -0.25) is 9.69 Å². The first kappa shape index (κ1) is 15.2. The zero-order valence-corrected chi connectivity index (χ0v) is 13.9. The number of carbonyl (C=O) groups is 1. The van der Waals surface area contributed by atoms with Gasteiger partial charge in [-0.1, -0.05) is 26.8 Å². The topological polar surface area (TPSA) is 58.4 Å². The van der Waals surface area contributed by atoms with Crippen molar-refractivity contribution in [1.82, 2.24) is 15.2 Å². The molecule has 6 heteroatoms. The van der Waals surface area contributed by atoms with E-state index in [0.29, 0.717) is 19.0 Å². The number of aromatic nitrogens is 1. The predicted molar refractivity (Wildman–Crippen MR) is 85.7 cm³/mol. The first-order valence-electron chi connectivity index (χ1n) is 7.45. The van der Waals surface area contributed by atoms with Crippen molar-refractivity contribution in [2.45, 2.75) is 38.8 Å². The Kier molecular flexibility index (Phi) is 4.06. The molecule has 22 heavy (non-hydrogen) atoms. The number of oxazole rings is 1. The van der Waals surface area contributed by atoms with E-state index in [9.17, 15) is 4.79 Å². The molecule has 0 radical (unpaired) electrons. The van der Waals surface area contributed by atoms with Gasteiger partial charge >= 0.3 is 0 Å². The van der Waals surface area contributed by atoms with E-state index >= 15 is 0 Å². The Balaban J connectivity index is 1.80. The van der Waals surface area contributed by atoms with E-state index in [2.05, 4.69) is 36.0 Å². The largest absolute Gasteiger partial charge is 0.447 e. The van der Waals surface area contributed by atoms with E-state index in [1.165, 1.54) is 0 Å². The van der Waals surface area contributed by atoms with Gasteiger partial charge in [0.05, 0.1) is 12.2 Å². The van der Waals surface area contributed by atoms with Crippen LogP contribution in [0.1, 0.15) is 43.3 Å². The quantitative estimate of drug-likeness (QED) is 0.945. The highest BCUT2D eigenvalue weighted by Crippen LogP contribution is 2.29. The van der Waals surface area contributed by atoms with Crippen LogP contribution in [0.5, 0.6) is 0 Å². The van der Waals surface area contributed by atoms with Gasteiger partial charge < -0.3 is 9.73 Å². The summed E-state index contributed by atoms with van der Waals surface area (Å²) in [6.07, 6.45) is 1.72. The fourth-order valence-corrected chi connectivity index (χ4v) is 3.40. The lowest BCUT2D eigenvalue weighted by Crippen LogP contribution is -2.49. The molecule has 1 saturated heterocycles. The monoisotopic (exact) mass is 319 g/mol. The summed E-state index contributed by atoms with van der Waals surface area (Å²) in [6, 6.07) is 3.73. The number of hydrogen-bond acceptors (Lipinski definition) is 5. The smallest absolute Gasteiger partial charge is 0.242 e. The standard InChI is InChI=1S/C16H21N3O2S/c1-16(2,3)12-10-21-13(18-12)9-19-7-6-17-15(20)14(19)11-5-4-8-22-11/h4-5,8,10,14H,6-7,9H2,1-3H3,(H,17,20). The van der Waals surface area contributed by atoms with Gasteiger partial charge in [-0.25, -0.2) is 4.98 Å². The summed E-state index contributed by atoms with van der Waals surface area (Å²) in [5.74, 6) is 0.720. The number of nitrogens with zero attached hydrogens (tertiary/aromatic N) is 2. The van der Waals surface area contributed by atoms with Crippen molar-refractivity contribution in [3.8, 4) is 0 Å². The van der Waals surface area contributed by atoms with Gasteiger partial charge in [-0.2, -0.15) is 0 Å². The minimum Gasteiger partial charge on any atom is -0.447 e. The first-order valence-corrected chi connectivity index (χ1v) is 8.33. The number of carbonyl (C=O) groups excluding carboxylic acids is 1. The Morgan fingerprint density at radius 2 is 2.32 bits per heavy atom. The molecule has 1 fully saturated rings. The third-order valence-corrected chi connectivity index (χ3v) is 4.71. The van der Waals surface area contributed by atoms with Gasteiger partial charge in [0.15, 0.2) is 0 Å². The minimum absolute atomic E-state index is 0.0336. The van der Waals surface area contributed by atoms with Crippen LogP contribution in [0.4, 0.5) is 0 Å². The second-order valence-corrected chi connectivity index (χ2v) is 7.54. The average molecular weight is 319 g/mol. The Labute approximate surface area is 134 Å². The lowest BCUT2D eigenvalue weighted by atomic mass is 9.93. The number of nitrogens with one attached hydrogen (secondary N) is 1. The van der Waals surface area contributed by atoms with Gasteiger partial charge in [0.2, 0.25) is 11.8 Å². The van der Waals surface area contributed by atoms with Crippen LogP contribution in [-0.2, 0) is 16.8 Å². The molecule has 2 aromatic heterocycles. The molecule has 1 N–H and O–H groups in total. The fourth-order valence-electron chi connectivity index (χ4n) is 2.54. The van der Waals surface area contributed by atoms with Crippen LogP contribution in [0.25, 0.3) is 0 Å². The van der Waals surface area contributed by atoms with E-state index in [4.69, 9.17) is 4.42 Å². The van der Waals surface area contributed by atoms with Crippen molar-refractivity contribution < 1.29 is 9.21 Å². The molecule has 0 bridgehead atoms. The third kappa shape index (κ3) is 3.08. The van der Waals surface area contributed by atoms with Crippen LogP contribution in [0.15, 0.2) is 28.2 Å². The molecule has 1 atom stereocenters. The Bertz CT molecular complexity index is 643. The minimum atomic E-state index is -0.251. The van der Waals surface area contributed by atoms with Gasteiger partial charge in [0, 0.05) is 23.4 Å². The molecule has 5 nitrogen and oxygen atoms in total.